The van der Waals surface area contributed by atoms with Crippen molar-refractivity contribution in [3.63, 3.8) is 0 Å². The van der Waals surface area contributed by atoms with E-state index in [1.807, 2.05) is 0 Å². The summed E-state index contributed by atoms with van der Waals surface area (Å²) in [5.74, 6) is -0.178. The number of benzene rings is 1. The van der Waals surface area contributed by atoms with Crippen molar-refractivity contribution in [2.75, 3.05) is 0 Å². The molecule has 0 aliphatic carbocycles. The molecule has 11 heavy (non-hydrogen) atoms. The summed E-state index contributed by atoms with van der Waals surface area (Å²) in [6.07, 6.45) is 0. The topological polar surface area (TPSA) is 0 Å². The Labute approximate surface area is 80.5 Å². The SMILES string of the molecule is [CH2-]c1ccc(C)c(F)c1.[Cl][Zn+]. The van der Waals surface area contributed by atoms with Gasteiger partial charge >= 0.3 is 27.0 Å². The monoisotopic (exact) mass is 222 g/mol. The molecule has 1 aromatic rings. The van der Waals surface area contributed by atoms with Crippen molar-refractivity contribution >= 4 is 9.69 Å². The van der Waals surface area contributed by atoms with Crippen LogP contribution in [0.15, 0.2) is 18.2 Å². The number of aryl methyl sites for hydroxylation is 1. The quantitative estimate of drug-likeness (QED) is 0.469. The first-order valence-electron chi connectivity index (χ1n) is 3.05. The number of rotatable bonds is 0. The molecule has 0 N–H and O–H groups in total. The van der Waals surface area contributed by atoms with Crippen molar-refractivity contribution in [3.8, 4) is 0 Å². The summed E-state index contributed by atoms with van der Waals surface area (Å²) in [7, 11) is 4.76. The summed E-state index contributed by atoms with van der Waals surface area (Å²) in [5, 5.41) is 0. The van der Waals surface area contributed by atoms with Crippen LogP contribution in [0.3, 0.4) is 0 Å². The predicted molar refractivity (Wildman–Crippen MR) is 41.4 cm³/mol. The van der Waals surface area contributed by atoms with Crippen LogP contribution in [0, 0.1) is 19.7 Å². The number of hydrogen-bond donors (Lipinski definition) is 0. The standard InChI is InChI=1S/C8H8F.ClH.Zn/c1-6-3-4-7(2)8(9)5-6;;/h3-5H,1H2,2H3;1H;/q-1;;+2/p-1. The van der Waals surface area contributed by atoms with Crippen LogP contribution in [0.25, 0.3) is 0 Å². The molecular weight excluding hydrogens is 216 g/mol. The number of hydrogen-bond acceptors (Lipinski definition) is 0. The van der Waals surface area contributed by atoms with Crippen molar-refractivity contribution in [1.29, 1.82) is 0 Å². The molecule has 0 saturated heterocycles. The normalized spacial score (nSPS) is 8.45. The van der Waals surface area contributed by atoms with Gasteiger partial charge in [-0.1, -0.05) is 0 Å². The molecule has 0 unspecified atom stereocenters. The van der Waals surface area contributed by atoms with Crippen LogP contribution in [0.2, 0.25) is 0 Å². The minimum absolute atomic E-state index is 0.178. The van der Waals surface area contributed by atoms with E-state index < -0.39 is 0 Å². The molecule has 0 spiro atoms. The molecule has 0 fully saturated rings. The van der Waals surface area contributed by atoms with Crippen LogP contribution in [-0.2, 0) is 17.3 Å². The van der Waals surface area contributed by atoms with Gasteiger partial charge < -0.3 is 0 Å². The molecule has 0 saturated carbocycles. The van der Waals surface area contributed by atoms with Crippen LogP contribution in [0.5, 0.6) is 0 Å². The van der Waals surface area contributed by atoms with Crippen LogP contribution in [0.4, 0.5) is 4.39 Å². The summed E-state index contributed by atoms with van der Waals surface area (Å²) in [4.78, 5) is 0. The molecule has 3 heteroatoms. The van der Waals surface area contributed by atoms with Gasteiger partial charge in [-0.2, -0.15) is 18.6 Å². The third kappa shape index (κ3) is 3.74. The molecule has 0 aliphatic rings. The van der Waals surface area contributed by atoms with E-state index in [1.54, 1.807) is 19.1 Å². The first kappa shape index (κ1) is 10.9. The Kier molecular flexibility index (Phi) is 5.53. The van der Waals surface area contributed by atoms with Crippen LogP contribution in [0.1, 0.15) is 11.1 Å². The summed E-state index contributed by atoms with van der Waals surface area (Å²) in [6, 6.07) is 4.94. The van der Waals surface area contributed by atoms with E-state index in [0.29, 0.717) is 5.56 Å². The third-order valence-electron chi connectivity index (χ3n) is 1.24. The first-order valence-corrected chi connectivity index (χ1v) is 6.95. The second kappa shape index (κ2) is 5.57. The van der Waals surface area contributed by atoms with E-state index in [0.717, 1.165) is 22.9 Å². The molecule has 0 bridgehead atoms. The predicted octanol–water partition coefficient (Wildman–Crippen LogP) is 3.00. The van der Waals surface area contributed by atoms with Gasteiger partial charge in [-0.25, -0.2) is 4.39 Å². The van der Waals surface area contributed by atoms with E-state index in [4.69, 9.17) is 9.69 Å². The van der Waals surface area contributed by atoms with Gasteiger partial charge in [-0.05, 0) is 12.5 Å². The van der Waals surface area contributed by atoms with Crippen molar-refractivity contribution in [1.82, 2.24) is 0 Å². The summed E-state index contributed by atoms with van der Waals surface area (Å²) in [5.41, 5.74) is 1.39. The van der Waals surface area contributed by atoms with Crippen LogP contribution >= 0.6 is 9.69 Å². The van der Waals surface area contributed by atoms with Gasteiger partial charge in [0.05, 0.1) is 5.82 Å². The first-order chi connectivity index (χ1) is 5.20. The zero-order chi connectivity index (χ0) is 8.85. The van der Waals surface area contributed by atoms with Crippen molar-refractivity contribution in [2.24, 2.45) is 0 Å². The Morgan fingerprint density at radius 2 is 2.00 bits per heavy atom. The van der Waals surface area contributed by atoms with Gasteiger partial charge in [0, 0.05) is 0 Å². The molecule has 56 valence electrons. The molecule has 0 nitrogen and oxygen atoms in total. The van der Waals surface area contributed by atoms with Gasteiger partial charge in [0.15, 0.2) is 0 Å². The average molecular weight is 224 g/mol. The van der Waals surface area contributed by atoms with E-state index in [-0.39, 0.29) is 5.82 Å². The second-order valence-electron chi connectivity index (χ2n) is 2.08. The molecule has 0 amide bonds. The fourth-order valence-corrected chi connectivity index (χ4v) is 0.636. The van der Waals surface area contributed by atoms with Crippen molar-refractivity contribution < 1.29 is 21.7 Å². The van der Waals surface area contributed by atoms with Gasteiger partial charge in [0.1, 0.15) is 0 Å². The molecular formula is C8H8ClFZn. The van der Waals surface area contributed by atoms with Gasteiger partial charge in [-0.15, -0.1) is 12.1 Å². The zero-order valence-electron chi connectivity index (χ0n) is 6.40. The summed E-state index contributed by atoms with van der Waals surface area (Å²) >= 11 is 0.847. The second-order valence-corrected chi connectivity index (χ2v) is 2.08. The van der Waals surface area contributed by atoms with E-state index in [9.17, 15) is 4.39 Å². The number of halogens is 2. The Balaban J connectivity index is 0.000000461. The maximum atomic E-state index is 12.5. The Hall–Kier alpha value is -0.0666. The molecule has 1 aromatic carbocycles. The molecule has 0 radical (unpaired) electrons. The Morgan fingerprint density at radius 1 is 1.45 bits per heavy atom. The van der Waals surface area contributed by atoms with Gasteiger partial charge in [0.25, 0.3) is 0 Å². The summed E-state index contributed by atoms with van der Waals surface area (Å²) in [6.45, 7) is 5.31. The molecule has 0 aromatic heterocycles. The van der Waals surface area contributed by atoms with Crippen LogP contribution in [-0.4, -0.2) is 0 Å². The zero-order valence-corrected chi connectivity index (χ0v) is 10.1. The molecule has 0 aliphatic heterocycles. The van der Waals surface area contributed by atoms with E-state index in [2.05, 4.69) is 6.92 Å². The van der Waals surface area contributed by atoms with Crippen molar-refractivity contribution in [2.45, 2.75) is 6.92 Å². The minimum atomic E-state index is -0.178. The molecule has 0 atom stereocenters. The Morgan fingerprint density at radius 3 is 2.36 bits per heavy atom. The third-order valence-corrected chi connectivity index (χ3v) is 1.24. The Bertz CT molecular complexity index is 225. The van der Waals surface area contributed by atoms with E-state index in [1.165, 1.54) is 6.07 Å². The van der Waals surface area contributed by atoms with E-state index >= 15 is 0 Å². The average Bonchev–Trinajstić information content (AvgIpc) is 2.02. The fraction of sp³-hybridized carbons (Fsp3) is 0.125. The van der Waals surface area contributed by atoms with Crippen molar-refractivity contribution in [3.05, 3.63) is 42.1 Å². The van der Waals surface area contributed by atoms with Gasteiger partial charge in [-0.3, -0.25) is 0 Å². The molecule has 0 heterocycles. The maximum absolute atomic E-state index is 12.5. The summed E-state index contributed by atoms with van der Waals surface area (Å²) < 4.78 is 12.5. The molecule has 1 rings (SSSR count). The fourth-order valence-electron chi connectivity index (χ4n) is 0.636. The van der Waals surface area contributed by atoms with Gasteiger partial charge in [0.2, 0.25) is 0 Å². The van der Waals surface area contributed by atoms with Crippen LogP contribution < -0.4 is 0 Å².